The van der Waals surface area contributed by atoms with Gasteiger partial charge in [0, 0.05) is 30.0 Å². The van der Waals surface area contributed by atoms with Crippen LogP contribution in [0, 0.1) is 20.8 Å². The van der Waals surface area contributed by atoms with Crippen LogP contribution >= 0.6 is 0 Å². The largest absolute Gasteiger partial charge is 0.489 e. The van der Waals surface area contributed by atoms with Crippen LogP contribution in [0.4, 0.5) is 11.4 Å². The molecule has 1 aromatic heterocycles. The van der Waals surface area contributed by atoms with E-state index in [0.717, 1.165) is 35.8 Å². The summed E-state index contributed by atoms with van der Waals surface area (Å²) in [5.41, 5.74) is 5.60. The van der Waals surface area contributed by atoms with Crippen LogP contribution < -0.4 is 15.0 Å². The van der Waals surface area contributed by atoms with Gasteiger partial charge in [-0.3, -0.25) is 4.79 Å². The minimum Gasteiger partial charge on any atom is -0.489 e. The lowest BCUT2D eigenvalue weighted by molar-refractivity contribution is 0.102. The molecule has 6 nitrogen and oxygen atoms in total. The molecular weight excluding hydrogens is 378 g/mol. The number of rotatable bonds is 6. The third-order valence-corrected chi connectivity index (χ3v) is 5.58. The molecule has 0 spiro atoms. The Morgan fingerprint density at radius 3 is 2.47 bits per heavy atom. The molecule has 156 valence electrons. The van der Waals surface area contributed by atoms with E-state index in [1.165, 1.54) is 24.1 Å². The van der Waals surface area contributed by atoms with Gasteiger partial charge in [-0.05, 0) is 81.6 Å². The van der Waals surface area contributed by atoms with Gasteiger partial charge in [0.05, 0.1) is 11.3 Å². The van der Waals surface area contributed by atoms with Gasteiger partial charge >= 0.3 is 0 Å². The highest BCUT2D eigenvalue weighted by molar-refractivity contribution is 6.04. The second-order valence-corrected chi connectivity index (χ2v) is 7.77. The maximum absolute atomic E-state index is 12.6. The highest BCUT2D eigenvalue weighted by atomic mass is 16.5. The van der Waals surface area contributed by atoms with Gasteiger partial charge in [-0.1, -0.05) is 5.16 Å². The van der Waals surface area contributed by atoms with Gasteiger partial charge in [0.15, 0.2) is 0 Å². The van der Waals surface area contributed by atoms with Gasteiger partial charge in [-0.15, -0.1) is 0 Å². The number of carbonyl (C=O) groups excluding carboxylic acids is 1. The van der Waals surface area contributed by atoms with Crippen molar-refractivity contribution in [3.05, 3.63) is 70.6 Å². The molecule has 2 heterocycles. The Labute approximate surface area is 176 Å². The van der Waals surface area contributed by atoms with Gasteiger partial charge in [-0.25, -0.2) is 0 Å². The summed E-state index contributed by atoms with van der Waals surface area (Å²) in [6, 6.07) is 13.2. The fourth-order valence-electron chi connectivity index (χ4n) is 3.82. The fourth-order valence-corrected chi connectivity index (χ4v) is 3.82. The van der Waals surface area contributed by atoms with Crippen molar-refractivity contribution in [3.8, 4) is 5.75 Å². The zero-order chi connectivity index (χ0) is 21.1. The monoisotopic (exact) mass is 405 g/mol. The molecule has 30 heavy (non-hydrogen) atoms. The summed E-state index contributed by atoms with van der Waals surface area (Å²) in [7, 11) is 0. The first-order chi connectivity index (χ1) is 14.5. The van der Waals surface area contributed by atoms with Crippen molar-refractivity contribution in [1.82, 2.24) is 5.16 Å². The highest BCUT2D eigenvalue weighted by Gasteiger charge is 2.15. The van der Waals surface area contributed by atoms with Crippen molar-refractivity contribution < 1.29 is 14.1 Å². The number of aryl methyl sites for hydroxylation is 3. The summed E-state index contributed by atoms with van der Waals surface area (Å²) in [4.78, 5) is 15.0. The van der Waals surface area contributed by atoms with E-state index in [1.807, 2.05) is 26.0 Å². The van der Waals surface area contributed by atoms with E-state index in [9.17, 15) is 4.79 Å². The molecule has 0 radical (unpaired) electrons. The summed E-state index contributed by atoms with van der Waals surface area (Å²) in [5, 5.41) is 6.92. The molecule has 1 fully saturated rings. The van der Waals surface area contributed by atoms with Gasteiger partial charge in [0.25, 0.3) is 5.91 Å². The fraction of sp³-hybridized carbons (Fsp3) is 0.333. The molecule has 1 N–H and O–H groups in total. The Bertz CT molecular complexity index is 1010. The molecule has 1 aliphatic rings. The van der Waals surface area contributed by atoms with Crippen LogP contribution in [0.3, 0.4) is 0 Å². The van der Waals surface area contributed by atoms with E-state index < -0.39 is 0 Å². The average Bonchev–Trinajstić information content (AvgIpc) is 3.37. The first-order valence-electron chi connectivity index (χ1n) is 10.3. The number of aromatic nitrogens is 1. The van der Waals surface area contributed by atoms with Crippen LogP contribution in [0.2, 0.25) is 0 Å². The molecule has 3 aromatic rings. The van der Waals surface area contributed by atoms with Crippen LogP contribution in [0.5, 0.6) is 5.75 Å². The van der Waals surface area contributed by atoms with Crippen molar-refractivity contribution in [2.45, 2.75) is 40.2 Å². The van der Waals surface area contributed by atoms with Crippen molar-refractivity contribution >= 4 is 17.3 Å². The molecule has 1 aliphatic heterocycles. The van der Waals surface area contributed by atoms with Crippen LogP contribution in [-0.2, 0) is 6.61 Å². The zero-order valence-electron chi connectivity index (χ0n) is 17.7. The van der Waals surface area contributed by atoms with Gasteiger partial charge in [0.1, 0.15) is 18.1 Å². The highest BCUT2D eigenvalue weighted by Crippen LogP contribution is 2.27. The molecule has 2 aromatic carbocycles. The standard InChI is InChI=1S/C24H27N3O3/c1-16-14-20(8-11-23(16)27-12-4-5-13-27)25-24(28)19-6-9-21(10-7-19)29-15-22-17(2)26-30-18(22)3/h6-11,14H,4-5,12-13,15H2,1-3H3,(H,25,28). The van der Waals surface area contributed by atoms with Gasteiger partial charge in [-0.2, -0.15) is 0 Å². The topological polar surface area (TPSA) is 67.6 Å². The van der Waals surface area contributed by atoms with Crippen LogP contribution in [0.15, 0.2) is 47.0 Å². The summed E-state index contributed by atoms with van der Waals surface area (Å²) in [5.74, 6) is 1.31. The normalized spacial score (nSPS) is 13.5. The van der Waals surface area contributed by atoms with Crippen LogP contribution in [0.25, 0.3) is 0 Å². The maximum atomic E-state index is 12.6. The van der Waals surface area contributed by atoms with E-state index in [0.29, 0.717) is 17.9 Å². The first-order valence-corrected chi connectivity index (χ1v) is 10.3. The Morgan fingerprint density at radius 2 is 1.83 bits per heavy atom. The number of hydrogen-bond donors (Lipinski definition) is 1. The molecule has 1 saturated heterocycles. The van der Waals surface area contributed by atoms with Crippen LogP contribution in [0.1, 0.15) is 45.8 Å². The second kappa shape index (κ2) is 8.61. The summed E-state index contributed by atoms with van der Waals surface area (Å²) in [6.07, 6.45) is 2.49. The van der Waals surface area contributed by atoms with Crippen molar-refractivity contribution in [2.75, 3.05) is 23.3 Å². The SMILES string of the molecule is Cc1cc(NC(=O)c2ccc(OCc3c(C)noc3C)cc2)ccc1N1CCCC1. The number of amides is 1. The van der Waals surface area contributed by atoms with E-state index in [2.05, 4.69) is 28.4 Å². The number of carbonyl (C=O) groups is 1. The number of nitrogens with one attached hydrogen (secondary N) is 1. The third kappa shape index (κ3) is 4.32. The van der Waals surface area contributed by atoms with E-state index >= 15 is 0 Å². The number of anilines is 2. The lowest BCUT2D eigenvalue weighted by Gasteiger charge is -2.20. The summed E-state index contributed by atoms with van der Waals surface area (Å²) < 4.78 is 11.0. The number of hydrogen-bond acceptors (Lipinski definition) is 5. The first kappa shape index (κ1) is 20.0. The molecular formula is C24H27N3O3. The quantitative estimate of drug-likeness (QED) is 0.623. The van der Waals surface area contributed by atoms with Gasteiger partial charge in [0.2, 0.25) is 0 Å². The maximum Gasteiger partial charge on any atom is 0.255 e. The Hall–Kier alpha value is -3.28. The number of benzene rings is 2. The van der Waals surface area contributed by atoms with Crippen molar-refractivity contribution in [3.63, 3.8) is 0 Å². The zero-order valence-corrected chi connectivity index (χ0v) is 17.7. The summed E-state index contributed by atoms with van der Waals surface area (Å²) >= 11 is 0. The van der Waals surface area contributed by atoms with E-state index in [-0.39, 0.29) is 5.91 Å². The Kier molecular flexibility index (Phi) is 5.74. The number of ether oxygens (including phenoxy) is 1. The predicted octanol–water partition coefficient (Wildman–Crippen LogP) is 5.03. The average molecular weight is 405 g/mol. The molecule has 4 rings (SSSR count). The van der Waals surface area contributed by atoms with E-state index in [1.54, 1.807) is 24.3 Å². The predicted molar refractivity (Wildman–Crippen MR) is 117 cm³/mol. The molecule has 0 saturated carbocycles. The smallest absolute Gasteiger partial charge is 0.255 e. The van der Waals surface area contributed by atoms with Crippen molar-refractivity contribution in [2.24, 2.45) is 0 Å². The molecule has 0 unspecified atom stereocenters. The molecule has 0 atom stereocenters. The molecule has 0 aliphatic carbocycles. The third-order valence-electron chi connectivity index (χ3n) is 5.58. The van der Waals surface area contributed by atoms with E-state index in [4.69, 9.17) is 9.26 Å². The molecule has 1 amide bonds. The lowest BCUT2D eigenvalue weighted by Crippen LogP contribution is -2.19. The molecule has 6 heteroatoms. The Morgan fingerprint density at radius 1 is 1.10 bits per heavy atom. The summed E-state index contributed by atoms with van der Waals surface area (Å²) in [6.45, 7) is 8.45. The van der Waals surface area contributed by atoms with Gasteiger partial charge < -0.3 is 19.5 Å². The van der Waals surface area contributed by atoms with Crippen LogP contribution in [-0.4, -0.2) is 24.2 Å². The number of nitrogens with zero attached hydrogens (tertiary/aromatic N) is 2. The lowest BCUT2D eigenvalue weighted by atomic mass is 10.1. The second-order valence-electron chi connectivity index (χ2n) is 7.77. The minimum absolute atomic E-state index is 0.138. The minimum atomic E-state index is -0.138. The molecule has 0 bridgehead atoms. The Balaban J connectivity index is 1.37. The van der Waals surface area contributed by atoms with Crippen molar-refractivity contribution in [1.29, 1.82) is 0 Å².